The number of pyridine rings is 1. The van der Waals surface area contributed by atoms with E-state index in [-0.39, 0.29) is 6.54 Å². The van der Waals surface area contributed by atoms with Crippen LogP contribution in [0.25, 0.3) is 0 Å². The molecule has 0 unspecified atom stereocenters. The van der Waals surface area contributed by atoms with Crippen LogP contribution in [0.2, 0.25) is 0 Å². The van der Waals surface area contributed by atoms with Gasteiger partial charge < -0.3 is 5.32 Å². The zero-order valence-corrected chi connectivity index (χ0v) is 15.5. The van der Waals surface area contributed by atoms with Gasteiger partial charge in [-0.15, -0.1) is 0 Å². The molecule has 7 heteroatoms. The van der Waals surface area contributed by atoms with Crippen LogP contribution in [0.1, 0.15) is 16.7 Å². The van der Waals surface area contributed by atoms with Gasteiger partial charge in [0.1, 0.15) is 0 Å². The standard InChI is InChI=1S/C20H20N4O2S/c25-27(26)23-20-9-8-19(22-13-16-5-2-1-3-6-16)11-18(20)15-24(27)14-17-7-4-10-21-12-17/h1-12,22-23H,13-15H2. The SMILES string of the molecule is O=S1(=O)Nc2ccc(NCc3ccccc3)cc2CN1Cc1cccnc1. The fraction of sp³-hybridized carbons (Fsp3) is 0.150. The minimum Gasteiger partial charge on any atom is -0.381 e. The highest BCUT2D eigenvalue weighted by Gasteiger charge is 2.29. The Balaban J connectivity index is 1.52. The minimum atomic E-state index is -3.57. The van der Waals surface area contributed by atoms with Gasteiger partial charge in [-0.05, 0) is 41.0 Å². The van der Waals surface area contributed by atoms with Crippen LogP contribution in [0.5, 0.6) is 0 Å². The van der Waals surface area contributed by atoms with Gasteiger partial charge in [0.15, 0.2) is 0 Å². The summed E-state index contributed by atoms with van der Waals surface area (Å²) in [7, 11) is -3.57. The van der Waals surface area contributed by atoms with Crippen LogP contribution in [-0.2, 0) is 29.8 Å². The monoisotopic (exact) mass is 380 g/mol. The molecule has 4 rings (SSSR count). The lowest BCUT2D eigenvalue weighted by Gasteiger charge is -2.29. The summed E-state index contributed by atoms with van der Waals surface area (Å²) in [6.07, 6.45) is 3.36. The fourth-order valence-electron chi connectivity index (χ4n) is 3.05. The Bertz CT molecular complexity index is 1020. The molecule has 0 saturated carbocycles. The van der Waals surface area contributed by atoms with Gasteiger partial charge in [0.25, 0.3) is 0 Å². The normalized spacial score (nSPS) is 15.6. The lowest BCUT2D eigenvalue weighted by Crippen LogP contribution is -2.38. The molecule has 2 N–H and O–H groups in total. The molecule has 0 amide bonds. The van der Waals surface area contributed by atoms with Crippen molar-refractivity contribution < 1.29 is 8.42 Å². The number of benzene rings is 2. The third-order valence-electron chi connectivity index (χ3n) is 4.45. The van der Waals surface area contributed by atoms with Crippen LogP contribution in [0.15, 0.2) is 73.1 Å². The largest absolute Gasteiger partial charge is 0.381 e. The van der Waals surface area contributed by atoms with E-state index < -0.39 is 10.2 Å². The Morgan fingerprint density at radius 2 is 1.85 bits per heavy atom. The molecule has 0 atom stereocenters. The molecule has 2 heterocycles. The quantitative estimate of drug-likeness (QED) is 0.712. The number of anilines is 2. The van der Waals surface area contributed by atoms with Crippen LogP contribution >= 0.6 is 0 Å². The molecule has 138 valence electrons. The molecule has 0 radical (unpaired) electrons. The Kier molecular flexibility index (Phi) is 4.79. The molecule has 2 aromatic carbocycles. The highest BCUT2D eigenvalue weighted by Crippen LogP contribution is 2.30. The summed E-state index contributed by atoms with van der Waals surface area (Å²) in [4.78, 5) is 4.06. The lowest BCUT2D eigenvalue weighted by atomic mass is 10.1. The van der Waals surface area contributed by atoms with Gasteiger partial charge in [-0.25, -0.2) is 0 Å². The van der Waals surface area contributed by atoms with Gasteiger partial charge in [-0.1, -0.05) is 36.4 Å². The van der Waals surface area contributed by atoms with Gasteiger partial charge in [0.05, 0.1) is 5.69 Å². The van der Waals surface area contributed by atoms with E-state index in [1.807, 2.05) is 42.5 Å². The Hall–Kier alpha value is -2.90. The molecule has 3 aromatic rings. The van der Waals surface area contributed by atoms with Crippen LogP contribution < -0.4 is 10.0 Å². The van der Waals surface area contributed by atoms with E-state index in [4.69, 9.17) is 0 Å². The molecule has 27 heavy (non-hydrogen) atoms. The van der Waals surface area contributed by atoms with Gasteiger partial charge in [-0.3, -0.25) is 9.71 Å². The van der Waals surface area contributed by atoms with E-state index in [0.717, 1.165) is 16.8 Å². The van der Waals surface area contributed by atoms with Crippen molar-refractivity contribution in [1.82, 2.24) is 9.29 Å². The lowest BCUT2D eigenvalue weighted by molar-refractivity contribution is 0.400. The Labute approximate surface area is 159 Å². The van der Waals surface area contributed by atoms with Crippen LogP contribution in [0, 0.1) is 0 Å². The molecule has 6 nitrogen and oxygen atoms in total. The number of fused-ring (bicyclic) bond motifs is 1. The summed E-state index contributed by atoms with van der Waals surface area (Å²) in [5.74, 6) is 0. The summed E-state index contributed by atoms with van der Waals surface area (Å²) in [6.45, 7) is 1.31. The predicted octanol–water partition coefficient (Wildman–Crippen LogP) is 3.37. The van der Waals surface area contributed by atoms with E-state index in [1.54, 1.807) is 18.5 Å². The minimum absolute atomic E-state index is 0.282. The zero-order chi connectivity index (χ0) is 18.7. The van der Waals surface area contributed by atoms with Gasteiger partial charge in [0.2, 0.25) is 0 Å². The molecular formula is C20H20N4O2S. The smallest absolute Gasteiger partial charge is 0.302 e. The molecule has 0 spiro atoms. The third-order valence-corrected chi connectivity index (χ3v) is 5.87. The van der Waals surface area contributed by atoms with Gasteiger partial charge in [0, 0.05) is 37.7 Å². The van der Waals surface area contributed by atoms with E-state index in [9.17, 15) is 8.42 Å². The summed E-state index contributed by atoms with van der Waals surface area (Å²) in [5.41, 5.74) is 4.56. The maximum atomic E-state index is 12.5. The number of nitrogens with one attached hydrogen (secondary N) is 2. The fourth-order valence-corrected chi connectivity index (χ4v) is 4.28. The van der Waals surface area contributed by atoms with E-state index in [0.29, 0.717) is 18.8 Å². The molecule has 0 saturated heterocycles. The molecular weight excluding hydrogens is 360 g/mol. The molecule has 0 bridgehead atoms. The van der Waals surface area contributed by atoms with Crippen molar-refractivity contribution in [2.24, 2.45) is 0 Å². The topological polar surface area (TPSA) is 74.3 Å². The zero-order valence-electron chi connectivity index (χ0n) is 14.7. The number of hydrogen-bond donors (Lipinski definition) is 2. The first-order chi connectivity index (χ1) is 13.1. The first-order valence-electron chi connectivity index (χ1n) is 8.68. The maximum absolute atomic E-state index is 12.5. The summed E-state index contributed by atoms with van der Waals surface area (Å²) in [6, 6.07) is 19.5. The second-order valence-corrected chi connectivity index (χ2v) is 8.12. The third kappa shape index (κ3) is 4.10. The van der Waals surface area contributed by atoms with Crippen molar-refractivity contribution in [2.45, 2.75) is 19.6 Å². The van der Waals surface area contributed by atoms with Crippen LogP contribution in [0.4, 0.5) is 11.4 Å². The van der Waals surface area contributed by atoms with E-state index in [1.165, 1.54) is 9.87 Å². The van der Waals surface area contributed by atoms with Crippen molar-refractivity contribution >= 4 is 21.6 Å². The Morgan fingerprint density at radius 1 is 1.04 bits per heavy atom. The maximum Gasteiger partial charge on any atom is 0.302 e. The highest BCUT2D eigenvalue weighted by atomic mass is 32.2. The van der Waals surface area contributed by atoms with Crippen molar-refractivity contribution in [3.05, 3.63) is 89.7 Å². The van der Waals surface area contributed by atoms with E-state index >= 15 is 0 Å². The van der Waals surface area contributed by atoms with Crippen LogP contribution in [0.3, 0.4) is 0 Å². The average molecular weight is 380 g/mol. The average Bonchev–Trinajstić information content (AvgIpc) is 2.68. The van der Waals surface area contributed by atoms with Crippen LogP contribution in [-0.4, -0.2) is 17.7 Å². The van der Waals surface area contributed by atoms with E-state index in [2.05, 4.69) is 27.2 Å². The molecule has 1 aliphatic heterocycles. The Morgan fingerprint density at radius 3 is 2.63 bits per heavy atom. The predicted molar refractivity (Wildman–Crippen MR) is 106 cm³/mol. The first-order valence-corrected chi connectivity index (χ1v) is 10.1. The van der Waals surface area contributed by atoms with Gasteiger partial charge >= 0.3 is 10.2 Å². The molecule has 1 aromatic heterocycles. The number of rotatable bonds is 5. The van der Waals surface area contributed by atoms with Crippen molar-refractivity contribution in [3.63, 3.8) is 0 Å². The number of aromatic nitrogens is 1. The second kappa shape index (κ2) is 7.38. The molecule has 1 aliphatic rings. The number of nitrogens with zero attached hydrogens (tertiary/aromatic N) is 2. The highest BCUT2D eigenvalue weighted by molar-refractivity contribution is 7.90. The van der Waals surface area contributed by atoms with Crippen molar-refractivity contribution in [3.8, 4) is 0 Å². The summed E-state index contributed by atoms with van der Waals surface area (Å²) in [5, 5.41) is 3.39. The van der Waals surface area contributed by atoms with Crippen molar-refractivity contribution in [2.75, 3.05) is 10.0 Å². The molecule has 0 fully saturated rings. The molecule has 0 aliphatic carbocycles. The van der Waals surface area contributed by atoms with Gasteiger partial charge in [-0.2, -0.15) is 12.7 Å². The number of hydrogen-bond acceptors (Lipinski definition) is 4. The summed E-state index contributed by atoms with van der Waals surface area (Å²) >= 11 is 0. The van der Waals surface area contributed by atoms with Crippen molar-refractivity contribution in [1.29, 1.82) is 0 Å². The first kappa shape index (κ1) is 17.5. The second-order valence-electron chi connectivity index (χ2n) is 6.45. The summed E-state index contributed by atoms with van der Waals surface area (Å²) < 4.78 is 29.1.